The molecule has 0 saturated carbocycles. The Balaban J connectivity index is 0.00000264. The zero-order valence-electron chi connectivity index (χ0n) is 14.1. The molecule has 130 valence electrons. The van der Waals surface area contributed by atoms with Gasteiger partial charge in [-0.2, -0.15) is 0 Å². The van der Waals surface area contributed by atoms with E-state index in [4.69, 9.17) is 15.2 Å². The molecule has 1 heterocycles. The van der Waals surface area contributed by atoms with E-state index in [0.29, 0.717) is 23.8 Å². The number of nitrogens with two attached hydrogens (primary N) is 1. The number of halogens is 1. The van der Waals surface area contributed by atoms with E-state index in [-0.39, 0.29) is 24.4 Å². The second-order valence-electron chi connectivity index (χ2n) is 5.97. The third-order valence-electron chi connectivity index (χ3n) is 4.36. The number of methoxy groups -OCH3 is 2. The third-order valence-corrected chi connectivity index (χ3v) is 4.36. The first-order valence-corrected chi connectivity index (χ1v) is 7.79. The molecule has 0 bridgehead atoms. The molecule has 1 saturated heterocycles. The molecule has 0 aliphatic carbocycles. The van der Waals surface area contributed by atoms with Crippen LogP contribution in [0.5, 0.6) is 11.5 Å². The minimum atomic E-state index is 0. The number of nitrogens with zero attached hydrogens (tertiary/aromatic N) is 1. The number of benzene rings is 1. The summed E-state index contributed by atoms with van der Waals surface area (Å²) in [5, 5.41) is 0. The van der Waals surface area contributed by atoms with Gasteiger partial charge in [0.1, 0.15) is 0 Å². The monoisotopic (exact) mass is 342 g/mol. The number of amides is 1. The molecular weight excluding hydrogens is 316 g/mol. The molecule has 1 aromatic carbocycles. The maximum absolute atomic E-state index is 12.5. The Kier molecular flexibility index (Phi) is 7.65. The number of carbonyl (C=O) groups excluding carboxylic acids is 1. The quantitative estimate of drug-likeness (QED) is 0.891. The van der Waals surface area contributed by atoms with Crippen molar-refractivity contribution in [2.75, 3.05) is 27.3 Å². The summed E-state index contributed by atoms with van der Waals surface area (Å²) in [5.74, 6) is 1.88. The lowest BCUT2D eigenvalue weighted by Gasteiger charge is -2.34. The maximum atomic E-state index is 12.5. The summed E-state index contributed by atoms with van der Waals surface area (Å²) in [6, 6.07) is 5.75. The summed E-state index contributed by atoms with van der Waals surface area (Å²) < 4.78 is 10.5. The second-order valence-corrected chi connectivity index (χ2v) is 5.97. The molecule has 2 unspecified atom stereocenters. The van der Waals surface area contributed by atoms with Crippen molar-refractivity contribution in [3.05, 3.63) is 23.8 Å². The van der Waals surface area contributed by atoms with Gasteiger partial charge in [-0.15, -0.1) is 12.4 Å². The largest absolute Gasteiger partial charge is 0.493 e. The molecule has 2 rings (SSSR count). The predicted octanol–water partition coefficient (Wildman–Crippen LogP) is 2.25. The van der Waals surface area contributed by atoms with Crippen LogP contribution in [0.15, 0.2) is 18.2 Å². The van der Waals surface area contributed by atoms with E-state index in [1.807, 2.05) is 30.0 Å². The fourth-order valence-corrected chi connectivity index (χ4v) is 2.94. The molecule has 5 nitrogen and oxygen atoms in total. The van der Waals surface area contributed by atoms with Crippen molar-refractivity contribution < 1.29 is 14.3 Å². The number of hydrogen-bond donors (Lipinski definition) is 1. The molecule has 1 fully saturated rings. The van der Waals surface area contributed by atoms with E-state index in [2.05, 4.69) is 0 Å². The van der Waals surface area contributed by atoms with Gasteiger partial charge in [0.2, 0.25) is 5.91 Å². The average Bonchev–Trinajstić information content (AvgIpc) is 2.54. The van der Waals surface area contributed by atoms with Crippen molar-refractivity contribution in [3.63, 3.8) is 0 Å². The van der Waals surface area contributed by atoms with Crippen LogP contribution >= 0.6 is 12.4 Å². The maximum Gasteiger partial charge on any atom is 0.227 e. The zero-order chi connectivity index (χ0) is 16.1. The van der Waals surface area contributed by atoms with Crippen LogP contribution in [0.2, 0.25) is 0 Å². The standard InChI is InChI=1S/C17H26N2O3.ClH/c1-12(18)14-5-4-8-19(11-14)17(20)10-13-6-7-15(21-2)16(9-13)22-3;/h6-7,9,12,14H,4-5,8,10-11,18H2,1-3H3;1H. The topological polar surface area (TPSA) is 64.8 Å². The number of rotatable bonds is 5. The summed E-state index contributed by atoms with van der Waals surface area (Å²) in [6.45, 7) is 3.62. The lowest BCUT2D eigenvalue weighted by molar-refractivity contribution is -0.132. The molecule has 1 aliphatic rings. The highest BCUT2D eigenvalue weighted by atomic mass is 35.5. The van der Waals surface area contributed by atoms with Gasteiger partial charge in [-0.3, -0.25) is 4.79 Å². The smallest absolute Gasteiger partial charge is 0.227 e. The van der Waals surface area contributed by atoms with Gasteiger partial charge in [0.15, 0.2) is 11.5 Å². The second kappa shape index (κ2) is 8.99. The van der Waals surface area contributed by atoms with Crippen molar-refractivity contribution in [2.24, 2.45) is 11.7 Å². The summed E-state index contributed by atoms with van der Waals surface area (Å²) in [6.07, 6.45) is 2.52. The van der Waals surface area contributed by atoms with Crippen molar-refractivity contribution in [1.29, 1.82) is 0 Å². The minimum absolute atomic E-state index is 0. The Labute approximate surface area is 144 Å². The van der Waals surface area contributed by atoms with Gasteiger partial charge in [-0.1, -0.05) is 6.07 Å². The van der Waals surface area contributed by atoms with Crippen molar-refractivity contribution >= 4 is 18.3 Å². The van der Waals surface area contributed by atoms with Crippen LogP contribution in [0.25, 0.3) is 0 Å². The Bertz CT molecular complexity index is 523. The minimum Gasteiger partial charge on any atom is -0.493 e. The third kappa shape index (κ3) is 5.01. The number of ether oxygens (including phenoxy) is 2. The van der Waals surface area contributed by atoms with Gasteiger partial charge in [0, 0.05) is 19.1 Å². The molecule has 0 radical (unpaired) electrons. The van der Waals surface area contributed by atoms with Gasteiger partial charge in [-0.25, -0.2) is 0 Å². The summed E-state index contributed by atoms with van der Waals surface area (Å²) in [7, 11) is 3.20. The zero-order valence-corrected chi connectivity index (χ0v) is 14.9. The Morgan fingerprint density at radius 1 is 1.35 bits per heavy atom. The highest BCUT2D eigenvalue weighted by molar-refractivity contribution is 5.85. The number of carbonyl (C=O) groups is 1. The van der Waals surface area contributed by atoms with Gasteiger partial charge in [0.25, 0.3) is 0 Å². The summed E-state index contributed by atoms with van der Waals surface area (Å²) in [4.78, 5) is 14.4. The fraction of sp³-hybridized carbons (Fsp3) is 0.588. The van der Waals surface area contributed by atoms with Crippen LogP contribution in [0, 0.1) is 5.92 Å². The average molecular weight is 343 g/mol. The lowest BCUT2D eigenvalue weighted by atomic mass is 9.92. The van der Waals surface area contributed by atoms with Crippen molar-refractivity contribution in [2.45, 2.75) is 32.2 Å². The first-order chi connectivity index (χ1) is 10.5. The molecule has 1 aromatic rings. The van der Waals surface area contributed by atoms with Gasteiger partial charge in [-0.05, 0) is 43.4 Å². The Hall–Kier alpha value is -1.46. The first-order valence-electron chi connectivity index (χ1n) is 7.79. The number of piperidine rings is 1. The fourth-order valence-electron chi connectivity index (χ4n) is 2.94. The van der Waals surface area contributed by atoms with E-state index in [9.17, 15) is 4.79 Å². The molecule has 6 heteroatoms. The van der Waals surface area contributed by atoms with Crippen molar-refractivity contribution in [3.8, 4) is 11.5 Å². The van der Waals surface area contributed by atoms with Gasteiger partial charge in [0.05, 0.1) is 20.6 Å². The molecule has 0 spiro atoms. The summed E-state index contributed by atoms with van der Waals surface area (Å²) in [5.41, 5.74) is 6.92. The molecule has 1 aliphatic heterocycles. The molecule has 0 aromatic heterocycles. The van der Waals surface area contributed by atoms with Crippen LogP contribution in [0.3, 0.4) is 0 Å². The SMILES string of the molecule is COc1ccc(CC(=O)N2CCCC(C(C)N)C2)cc1OC.Cl. The van der Waals surface area contributed by atoms with Crippen LogP contribution in [0.1, 0.15) is 25.3 Å². The molecule has 23 heavy (non-hydrogen) atoms. The molecule has 2 atom stereocenters. The number of likely N-dealkylation sites (tertiary alicyclic amines) is 1. The van der Waals surface area contributed by atoms with Crippen molar-refractivity contribution in [1.82, 2.24) is 4.90 Å². The van der Waals surface area contributed by atoms with E-state index >= 15 is 0 Å². The van der Waals surface area contributed by atoms with Crippen LogP contribution in [0.4, 0.5) is 0 Å². The first kappa shape index (κ1) is 19.6. The van der Waals surface area contributed by atoms with E-state index in [1.165, 1.54) is 0 Å². The Morgan fingerprint density at radius 2 is 2.04 bits per heavy atom. The molecule has 2 N–H and O–H groups in total. The number of hydrogen-bond acceptors (Lipinski definition) is 4. The molecule has 1 amide bonds. The van der Waals surface area contributed by atoms with Crippen LogP contribution in [-0.2, 0) is 11.2 Å². The highest BCUT2D eigenvalue weighted by Gasteiger charge is 2.25. The van der Waals surface area contributed by atoms with Crippen LogP contribution < -0.4 is 15.2 Å². The van der Waals surface area contributed by atoms with Crippen LogP contribution in [-0.4, -0.2) is 44.2 Å². The summed E-state index contributed by atoms with van der Waals surface area (Å²) >= 11 is 0. The Morgan fingerprint density at radius 3 is 2.65 bits per heavy atom. The van der Waals surface area contributed by atoms with Gasteiger partial charge < -0.3 is 20.1 Å². The lowest BCUT2D eigenvalue weighted by Crippen LogP contribution is -2.45. The van der Waals surface area contributed by atoms with E-state index < -0.39 is 0 Å². The van der Waals surface area contributed by atoms with E-state index in [0.717, 1.165) is 31.5 Å². The highest BCUT2D eigenvalue weighted by Crippen LogP contribution is 2.28. The predicted molar refractivity (Wildman–Crippen MR) is 93.5 cm³/mol. The normalized spacial score (nSPS) is 18.8. The molecular formula is C17H27ClN2O3. The van der Waals surface area contributed by atoms with E-state index in [1.54, 1.807) is 14.2 Å². The van der Waals surface area contributed by atoms with Gasteiger partial charge >= 0.3 is 0 Å².